The van der Waals surface area contributed by atoms with E-state index < -0.39 is 57.4 Å². The molecule has 1 unspecified atom stereocenters. The zero-order chi connectivity index (χ0) is 15.5. The zero-order valence-electron chi connectivity index (χ0n) is 10.6. The van der Waals surface area contributed by atoms with Crippen LogP contribution in [0.4, 0.5) is 0 Å². The van der Waals surface area contributed by atoms with E-state index in [1.54, 1.807) is 0 Å². The first kappa shape index (κ1) is 17.5. The van der Waals surface area contributed by atoms with Gasteiger partial charge < -0.3 is 39.7 Å². The van der Waals surface area contributed by atoms with Crippen LogP contribution >= 0.6 is 7.82 Å². The molecule has 0 radical (unpaired) electrons. The third-order valence-corrected chi connectivity index (χ3v) is 3.28. The summed E-state index contributed by atoms with van der Waals surface area (Å²) in [5, 5.41) is 30.8. The molecule has 1 heterocycles. The molecule has 0 aliphatic carbocycles. The number of hydrogen-bond donors (Lipinski definition) is 5. The molecule has 11 heteroatoms. The second-order valence-corrected chi connectivity index (χ2v) is 5.56. The Kier molecular flexibility index (Phi) is 6.05. The third kappa shape index (κ3) is 4.76. The number of rotatable bonds is 5. The Bertz CT molecular complexity index is 386. The molecular formula is C9H17NO9P-. The number of nitrogens with one attached hydrogen (secondary N) is 1. The molecule has 1 rings (SSSR count). The van der Waals surface area contributed by atoms with Crippen molar-refractivity contribution in [2.45, 2.75) is 37.4 Å². The fourth-order valence-corrected chi connectivity index (χ4v) is 2.25. The van der Waals surface area contributed by atoms with E-state index in [-0.39, 0.29) is 0 Å². The van der Waals surface area contributed by atoms with Crippen molar-refractivity contribution in [2.24, 2.45) is 0 Å². The Labute approximate surface area is 114 Å². The Hall–Kier alpha value is -0.580. The number of phosphoric acid groups is 1. The molecule has 10 nitrogen and oxygen atoms in total. The molecule has 1 amide bonds. The average Bonchev–Trinajstić information content (AvgIpc) is 2.32. The van der Waals surface area contributed by atoms with Gasteiger partial charge in [0.15, 0.2) is 0 Å². The van der Waals surface area contributed by atoms with Gasteiger partial charge in [0.1, 0.15) is 24.4 Å². The molecule has 20 heavy (non-hydrogen) atoms. The summed E-state index contributed by atoms with van der Waals surface area (Å²) in [6, 6.07) is -1.16. The number of carbonyl (C=O) groups excluding carboxylic acids is 1. The Morgan fingerprint density at radius 2 is 2.00 bits per heavy atom. The molecule has 0 aromatic carbocycles. The van der Waals surface area contributed by atoms with Gasteiger partial charge in [-0.2, -0.15) is 0 Å². The lowest BCUT2D eigenvalue weighted by Crippen LogP contribution is -2.64. The first-order valence-electron chi connectivity index (χ1n) is 5.73. The minimum Gasteiger partial charge on any atom is -0.756 e. The monoisotopic (exact) mass is 314 g/mol. The molecule has 5 N–H and O–H groups in total. The highest BCUT2D eigenvalue weighted by Crippen LogP contribution is 2.32. The van der Waals surface area contributed by atoms with Gasteiger partial charge in [0, 0.05) is 6.92 Å². The summed E-state index contributed by atoms with van der Waals surface area (Å²) < 4.78 is 19.9. The summed E-state index contributed by atoms with van der Waals surface area (Å²) in [4.78, 5) is 30.1. The van der Waals surface area contributed by atoms with Gasteiger partial charge in [-0.1, -0.05) is 0 Å². The Morgan fingerprint density at radius 3 is 2.45 bits per heavy atom. The van der Waals surface area contributed by atoms with Crippen LogP contribution in [-0.4, -0.2) is 69.8 Å². The summed E-state index contributed by atoms with van der Waals surface area (Å²) >= 11 is 0. The SMILES string of the molecule is CC(=O)N[C@@H]1[C@@H](O)[C@@H](O)[C@@H](CO)O[C@@H]1COP(=O)([O-])O. The van der Waals surface area contributed by atoms with Crippen molar-refractivity contribution in [3.63, 3.8) is 0 Å². The molecule has 0 bridgehead atoms. The summed E-state index contributed by atoms with van der Waals surface area (Å²) in [5.41, 5.74) is 0. The number of amides is 1. The molecule has 1 fully saturated rings. The molecule has 1 aliphatic rings. The molecular weight excluding hydrogens is 297 g/mol. The maximum absolute atomic E-state index is 11.0. The van der Waals surface area contributed by atoms with Crippen molar-refractivity contribution in [3.05, 3.63) is 0 Å². The fraction of sp³-hybridized carbons (Fsp3) is 0.889. The molecule has 6 atom stereocenters. The third-order valence-electron chi connectivity index (χ3n) is 2.80. The predicted octanol–water partition coefficient (Wildman–Crippen LogP) is -3.55. The van der Waals surface area contributed by atoms with Crippen molar-refractivity contribution in [1.82, 2.24) is 5.32 Å². The summed E-state index contributed by atoms with van der Waals surface area (Å²) in [6.45, 7) is -0.169. The van der Waals surface area contributed by atoms with E-state index >= 15 is 0 Å². The van der Waals surface area contributed by atoms with Crippen molar-refractivity contribution in [3.8, 4) is 0 Å². The van der Waals surface area contributed by atoms with E-state index in [0.717, 1.165) is 6.92 Å². The molecule has 0 aromatic rings. The van der Waals surface area contributed by atoms with Gasteiger partial charge in [-0.05, 0) is 0 Å². The number of hydrogen-bond acceptors (Lipinski definition) is 8. The lowest BCUT2D eigenvalue weighted by Gasteiger charge is -2.42. The largest absolute Gasteiger partial charge is 0.756 e. The quantitative estimate of drug-likeness (QED) is 0.322. The van der Waals surface area contributed by atoms with Crippen LogP contribution in [0.25, 0.3) is 0 Å². The van der Waals surface area contributed by atoms with Crippen molar-refractivity contribution in [2.75, 3.05) is 13.2 Å². The standard InChI is InChI=1S/C9H18NO9P/c1-4(12)10-7-6(3-18-20(15,16)17)19-5(2-11)8(13)9(7)14/h5-9,11,13-14H,2-3H2,1H3,(H,10,12)(H2,15,16,17)/p-1/t5-,6-,7+,8+,9-/m1/s1. The van der Waals surface area contributed by atoms with Crippen LogP contribution in [0.15, 0.2) is 0 Å². The summed E-state index contributed by atoms with van der Waals surface area (Å²) in [5.74, 6) is -0.549. The van der Waals surface area contributed by atoms with Gasteiger partial charge in [0.25, 0.3) is 7.82 Å². The van der Waals surface area contributed by atoms with Gasteiger partial charge >= 0.3 is 0 Å². The summed E-state index contributed by atoms with van der Waals surface area (Å²) in [6.07, 6.45) is -5.32. The van der Waals surface area contributed by atoms with Crippen LogP contribution in [0.1, 0.15) is 6.92 Å². The average molecular weight is 314 g/mol. The second-order valence-electron chi connectivity index (χ2n) is 4.37. The minimum absolute atomic E-state index is 0.549. The lowest BCUT2D eigenvalue weighted by molar-refractivity contribution is -0.232. The molecule has 0 saturated carbocycles. The first-order chi connectivity index (χ1) is 9.15. The molecule has 0 spiro atoms. The smallest absolute Gasteiger partial charge is 0.265 e. The van der Waals surface area contributed by atoms with Crippen LogP contribution in [0.2, 0.25) is 0 Å². The Morgan fingerprint density at radius 1 is 1.40 bits per heavy atom. The van der Waals surface area contributed by atoms with Crippen molar-refractivity contribution >= 4 is 13.7 Å². The number of ether oxygens (including phenoxy) is 1. The minimum atomic E-state index is -5.01. The molecule has 0 aromatic heterocycles. The highest BCUT2D eigenvalue weighted by Gasteiger charge is 2.44. The van der Waals surface area contributed by atoms with E-state index in [1.165, 1.54) is 0 Å². The number of carbonyl (C=O) groups is 1. The van der Waals surface area contributed by atoms with E-state index in [1.807, 2.05) is 0 Å². The molecule has 118 valence electrons. The fourth-order valence-electron chi connectivity index (χ4n) is 1.92. The second kappa shape index (κ2) is 6.92. The first-order valence-corrected chi connectivity index (χ1v) is 7.23. The topological polar surface area (TPSA) is 169 Å². The van der Waals surface area contributed by atoms with Crippen LogP contribution in [-0.2, 0) is 18.6 Å². The van der Waals surface area contributed by atoms with Crippen LogP contribution in [0, 0.1) is 0 Å². The van der Waals surface area contributed by atoms with Gasteiger partial charge in [-0.15, -0.1) is 0 Å². The highest BCUT2D eigenvalue weighted by molar-refractivity contribution is 7.44. The molecule has 1 aliphatic heterocycles. The van der Waals surface area contributed by atoms with Crippen molar-refractivity contribution < 1.29 is 43.7 Å². The maximum Gasteiger partial charge on any atom is 0.265 e. The van der Waals surface area contributed by atoms with Crippen LogP contribution in [0.3, 0.4) is 0 Å². The Balaban J connectivity index is 2.83. The lowest BCUT2D eigenvalue weighted by atomic mass is 9.93. The van der Waals surface area contributed by atoms with E-state index in [9.17, 15) is 24.5 Å². The summed E-state index contributed by atoms with van der Waals surface area (Å²) in [7, 11) is -5.01. The van der Waals surface area contributed by atoms with Gasteiger partial charge in [0.05, 0.1) is 19.3 Å². The normalized spacial score (nSPS) is 37.2. The van der Waals surface area contributed by atoms with E-state index in [4.69, 9.17) is 14.7 Å². The number of aliphatic hydroxyl groups excluding tert-OH is 3. The van der Waals surface area contributed by atoms with Gasteiger partial charge in [-0.3, -0.25) is 9.36 Å². The van der Waals surface area contributed by atoms with Crippen LogP contribution < -0.4 is 10.2 Å². The highest BCUT2D eigenvalue weighted by atomic mass is 31.2. The predicted molar refractivity (Wildman–Crippen MR) is 61.1 cm³/mol. The maximum atomic E-state index is 11.0. The zero-order valence-corrected chi connectivity index (χ0v) is 11.5. The van der Waals surface area contributed by atoms with Crippen molar-refractivity contribution in [1.29, 1.82) is 0 Å². The van der Waals surface area contributed by atoms with E-state index in [2.05, 4.69) is 9.84 Å². The molecule has 1 saturated heterocycles. The van der Waals surface area contributed by atoms with E-state index in [0.29, 0.717) is 0 Å². The van der Waals surface area contributed by atoms with Gasteiger partial charge in [0.2, 0.25) is 5.91 Å². The van der Waals surface area contributed by atoms with Crippen LogP contribution in [0.5, 0.6) is 0 Å². The number of aliphatic hydroxyl groups is 3. The number of phosphoric ester groups is 1. The van der Waals surface area contributed by atoms with Gasteiger partial charge in [-0.25, -0.2) is 0 Å².